The normalized spacial score (nSPS) is 21.4. The van der Waals surface area contributed by atoms with Crippen LogP contribution in [-0.2, 0) is 11.3 Å². The Labute approximate surface area is 129 Å². The molecule has 0 amide bonds. The zero-order chi connectivity index (χ0) is 15.1. The third kappa shape index (κ3) is 5.42. The molecule has 1 aromatic carbocycles. The maximum absolute atomic E-state index is 5.59. The molecule has 0 spiro atoms. The lowest BCUT2D eigenvalue weighted by Crippen LogP contribution is -2.40. The van der Waals surface area contributed by atoms with Gasteiger partial charge in [0.1, 0.15) is 0 Å². The molecule has 0 saturated carbocycles. The van der Waals surface area contributed by atoms with Crippen molar-refractivity contribution in [2.24, 2.45) is 0 Å². The summed E-state index contributed by atoms with van der Waals surface area (Å²) in [6.45, 7) is 12.8. The summed E-state index contributed by atoms with van der Waals surface area (Å²) in [4.78, 5) is 2.48. The van der Waals surface area contributed by atoms with Crippen molar-refractivity contribution in [1.82, 2.24) is 10.2 Å². The molecule has 3 heteroatoms. The van der Waals surface area contributed by atoms with E-state index in [0.717, 1.165) is 39.3 Å². The van der Waals surface area contributed by atoms with Gasteiger partial charge in [-0.2, -0.15) is 0 Å². The van der Waals surface area contributed by atoms with Gasteiger partial charge in [0.05, 0.1) is 12.7 Å². The number of nitrogens with zero attached hydrogens (tertiary/aromatic N) is 1. The van der Waals surface area contributed by atoms with Gasteiger partial charge in [-0.25, -0.2) is 0 Å². The van der Waals surface area contributed by atoms with Gasteiger partial charge in [-0.15, -0.1) is 0 Å². The van der Waals surface area contributed by atoms with Gasteiger partial charge in [0.25, 0.3) is 0 Å². The van der Waals surface area contributed by atoms with Crippen LogP contribution in [0.4, 0.5) is 0 Å². The van der Waals surface area contributed by atoms with Crippen LogP contribution in [0.25, 0.3) is 0 Å². The fourth-order valence-corrected chi connectivity index (χ4v) is 2.86. The van der Waals surface area contributed by atoms with Gasteiger partial charge in [0.2, 0.25) is 0 Å². The summed E-state index contributed by atoms with van der Waals surface area (Å²) in [6, 6.07) is 9.15. The number of ether oxygens (including phenoxy) is 1. The molecule has 3 nitrogen and oxygen atoms in total. The SMILES string of the molecule is CCCNCC(C)c1ccc(CN2CCOC(C)C2)cc1. The van der Waals surface area contributed by atoms with Crippen molar-refractivity contribution in [3.05, 3.63) is 35.4 Å². The van der Waals surface area contributed by atoms with Gasteiger partial charge in [0.15, 0.2) is 0 Å². The molecule has 1 N–H and O–H groups in total. The van der Waals surface area contributed by atoms with Crippen LogP contribution in [0.15, 0.2) is 24.3 Å². The van der Waals surface area contributed by atoms with Crippen molar-refractivity contribution in [2.75, 3.05) is 32.8 Å². The van der Waals surface area contributed by atoms with Gasteiger partial charge >= 0.3 is 0 Å². The standard InChI is InChI=1S/C18H30N2O/c1-4-9-19-12-15(2)18-7-5-17(6-8-18)14-20-10-11-21-16(3)13-20/h5-8,15-16,19H,4,9-14H2,1-3H3. The molecule has 1 fully saturated rings. The van der Waals surface area contributed by atoms with E-state index >= 15 is 0 Å². The second kappa shape index (κ2) is 8.52. The van der Waals surface area contributed by atoms with E-state index in [4.69, 9.17) is 4.74 Å². The molecule has 1 aliphatic heterocycles. The first kappa shape index (κ1) is 16.5. The minimum atomic E-state index is 0.364. The van der Waals surface area contributed by atoms with Crippen molar-refractivity contribution < 1.29 is 4.74 Å². The lowest BCUT2D eigenvalue weighted by molar-refractivity contribution is -0.0212. The predicted octanol–water partition coefficient (Wildman–Crippen LogP) is 3.01. The van der Waals surface area contributed by atoms with Crippen molar-refractivity contribution in [3.63, 3.8) is 0 Å². The van der Waals surface area contributed by atoms with E-state index in [2.05, 4.69) is 55.3 Å². The maximum Gasteiger partial charge on any atom is 0.0674 e. The largest absolute Gasteiger partial charge is 0.376 e. The number of nitrogens with one attached hydrogen (secondary N) is 1. The highest BCUT2D eigenvalue weighted by molar-refractivity contribution is 5.25. The monoisotopic (exact) mass is 290 g/mol. The first-order valence-corrected chi connectivity index (χ1v) is 8.32. The minimum absolute atomic E-state index is 0.364. The Balaban J connectivity index is 1.83. The van der Waals surface area contributed by atoms with E-state index < -0.39 is 0 Å². The smallest absolute Gasteiger partial charge is 0.0674 e. The van der Waals surface area contributed by atoms with Crippen molar-refractivity contribution >= 4 is 0 Å². The Morgan fingerprint density at radius 3 is 2.76 bits per heavy atom. The topological polar surface area (TPSA) is 24.5 Å². The van der Waals surface area contributed by atoms with Crippen LogP contribution in [0.2, 0.25) is 0 Å². The second-order valence-corrected chi connectivity index (χ2v) is 6.26. The zero-order valence-electron chi connectivity index (χ0n) is 13.8. The molecule has 2 atom stereocenters. The van der Waals surface area contributed by atoms with Gasteiger partial charge in [0, 0.05) is 26.2 Å². The summed E-state index contributed by atoms with van der Waals surface area (Å²) in [7, 11) is 0. The number of hydrogen-bond acceptors (Lipinski definition) is 3. The Morgan fingerprint density at radius 1 is 1.33 bits per heavy atom. The molecule has 1 heterocycles. The summed E-state index contributed by atoms with van der Waals surface area (Å²) < 4.78 is 5.59. The quantitative estimate of drug-likeness (QED) is 0.781. The summed E-state index contributed by atoms with van der Waals surface area (Å²) in [5.41, 5.74) is 2.83. The van der Waals surface area contributed by atoms with Crippen LogP contribution < -0.4 is 5.32 Å². The van der Waals surface area contributed by atoms with E-state index in [-0.39, 0.29) is 0 Å². The summed E-state index contributed by atoms with van der Waals surface area (Å²) in [5.74, 6) is 0.578. The van der Waals surface area contributed by atoms with E-state index in [1.807, 2.05) is 0 Å². The summed E-state index contributed by atoms with van der Waals surface area (Å²) in [5, 5.41) is 3.50. The average Bonchev–Trinajstić information content (AvgIpc) is 2.48. The molecule has 0 aromatic heterocycles. The minimum Gasteiger partial charge on any atom is -0.376 e. The number of hydrogen-bond donors (Lipinski definition) is 1. The van der Waals surface area contributed by atoms with Crippen molar-refractivity contribution in [2.45, 2.75) is 45.8 Å². The molecular weight excluding hydrogens is 260 g/mol. The molecular formula is C18H30N2O. The molecule has 118 valence electrons. The number of benzene rings is 1. The van der Waals surface area contributed by atoms with E-state index in [1.54, 1.807) is 0 Å². The van der Waals surface area contributed by atoms with Gasteiger partial charge in [-0.1, -0.05) is 38.1 Å². The first-order valence-electron chi connectivity index (χ1n) is 8.32. The molecule has 2 rings (SSSR count). The van der Waals surface area contributed by atoms with E-state index in [1.165, 1.54) is 17.5 Å². The highest BCUT2D eigenvalue weighted by atomic mass is 16.5. The summed E-state index contributed by atoms with van der Waals surface area (Å²) >= 11 is 0. The van der Waals surface area contributed by atoms with E-state index in [0.29, 0.717) is 12.0 Å². The lowest BCUT2D eigenvalue weighted by atomic mass is 9.99. The average molecular weight is 290 g/mol. The number of morpholine rings is 1. The molecule has 0 radical (unpaired) electrons. The Morgan fingerprint density at radius 2 is 2.10 bits per heavy atom. The van der Waals surface area contributed by atoms with Crippen LogP contribution in [0, 0.1) is 0 Å². The molecule has 1 aliphatic rings. The van der Waals surface area contributed by atoms with Crippen LogP contribution >= 0.6 is 0 Å². The van der Waals surface area contributed by atoms with Crippen LogP contribution in [-0.4, -0.2) is 43.8 Å². The van der Waals surface area contributed by atoms with Crippen LogP contribution in [0.5, 0.6) is 0 Å². The fourth-order valence-electron chi connectivity index (χ4n) is 2.86. The van der Waals surface area contributed by atoms with Gasteiger partial charge in [-0.05, 0) is 36.9 Å². The highest BCUT2D eigenvalue weighted by Gasteiger charge is 2.16. The van der Waals surface area contributed by atoms with Gasteiger partial charge < -0.3 is 10.1 Å². The van der Waals surface area contributed by atoms with Gasteiger partial charge in [-0.3, -0.25) is 4.90 Å². The molecule has 0 aliphatic carbocycles. The summed E-state index contributed by atoms with van der Waals surface area (Å²) in [6.07, 6.45) is 1.56. The zero-order valence-corrected chi connectivity index (χ0v) is 13.8. The molecule has 2 unspecified atom stereocenters. The fraction of sp³-hybridized carbons (Fsp3) is 0.667. The second-order valence-electron chi connectivity index (χ2n) is 6.26. The Bertz CT molecular complexity index is 404. The Kier molecular flexibility index (Phi) is 6.68. The molecule has 1 aromatic rings. The number of rotatable bonds is 7. The third-order valence-corrected chi connectivity index (χ3v) is 4.16. The van der Waals surface area contributed by atoms with Crippen molar-refractivity contribution in [3.8, 4) is 0 Å². The van der Waals surface area contributed by atoms with Crippen LogP contribution in [0.1, 0.15) is 44.2 Å². The van der Waals surface area contributed by atoms with Crippen LogP contribution in [0.3, 0.4) is 0 Å². The molecule has 21 heavy (non-hydrogen) atoms. The molecule has 1 saturated heterocycles. The van der Waals surface area contributed by atoms with Crippen molar-refractivity contribution in [1.29, 1.82) is 0 Å². The highest BCUT2D eigenvalue weighted by Crippen LogP contribution is 2.17. The maximum atomic E-state index is 5.59. The first-order chi connectivity index (χ1) is 10.2. The molecule has 0 bridgehead atoms. The Hall–Kier alpha value is -0.900. The van der Waals surface area contributed by atoms with E-state index in [9.17, 15) is 0 Å². The predicted molar refractivity (Wildman–Crippen MR) is 88.7 cm³/mol. The lowest BCUT2D eigenvalue weighted by Gasteiger charge is -2.31. The third-order valence-electron chi connectivity index (χ3n) is 4.16.